The topological polar surface area (TPSA) is 21.3 Å². The highest BCUT2D eigenvalue weighted by Crippen LogP contribution is 2.31. The molecule has 2 aliphatic carbocycles. The van der Waals surface area contributed by atoms with Crippen LogP contribution in [0.25, 0.3) is 0 Å². The summed E-state index contributed by atoms with van der Waals surface area (Å²) < 4.78 is 5.45. The van der Waals surface area contributed by atoms with Gasteiger partial charge in [0.05, 0.1) is 6.10 Å². The first-order valence-electron chi connectivity index (χ1n) is 7.48. The second-order valence-electron chi connectivity index (χ2n) is 6.40. The lowest BCUT2D eigenvalue weighted by Gasteiger charge is -2.34. The molecule has 4 unspecified atom stereocenters. The van der Waals surface area contributed by atoms with Crippen LogP contribution >= 0.6 is 0 Å². The average Bonchev–Trinajstić information content (AvgIpc) is 2.77. The molecular weight excluding hydrogens is 210 g/mol. The lowest BCUT2D eigenvalue weighted by atomic mass is 9.79. The van der Waals surface area contributed by atoms with Crippen molar-refractivity contribution in [3.8, 4) is 0 Å². The number of methoxy groups -OCH3 is 1. The van der Waals surface area contributed by atoms with Crippen LogP contribution in [0.3, 0.4) is 0 Å². The van der Waals surface area contributed by atoms with E-state index in [1.165, 1.54) is 44.9 Å². The van der Waals surface area contributed by atoms with Crippen molar-refractivity contribution in [2.24, 2.45) is 11.8 Å². The lowest BCUT2D eigenvalue weighted by molar-refractivity contribution is 0.105. The molecule has 0 heterocycles. The van der Waals surface area contributed by atoms with Gasteiger partial charge in [-0.15, -0.1) is 0 Å². The zero-order valence-corrected chi connectivity index (χ0v) is 11.7. The highest BCUT2D eigenvalue weighted by Gasteiger charge is 2.29. The molecule has 2 saturated carbocycles. The number of hydrogen-bond donors (Lipinski definition) is 1. The molecule has 0 amide bonds. The second-order valence-corrected chi connectivity index (χ2v) is 6.40. The summed E-state index contributed by atoms with van der Waals surface area (Å²) in [5, 5.41) is 3.89. The maximum absolute atomic E-state index is 5.45. The molecular formula is C15H29NO. The Balaban J connectivity index is 1.75. The standard InChI is InChI=1S/C15H29NO/c1-11(2)12-5-4-6-13(9-12)16-14-7-8-15(10-14)17-3/h11-16H,4-10H2,1-3H3. The van der Waals surface area contributed by atoms with Gasteiger partial charge in [-0.2, -0.15) is 0 Å². The molecule has 0 saturated heterocycles. The molecule has 2 heteroatoms. The zero-order chi connectivity index (χ0) is 12.3. The molecule has 0 aromatic rings. The van der Waals surface area contributed by atoms with Crippen LogP contribution in [0.15, 0.2) is 0 Å². The fourth-order valence-corrected chi connectivity index (χ4v) is 3.62. The van der Waals surface area contributed by atoms with Gasteiger partial charge >= 0.3 is 0 Å². The first-order valence-corrected chi connectivity index (χ1v) is 7.48. The molecule has 0 bridgehead atoms. The van der Waals surface area contributed by atoms with Gasteiger partial charge in [0.2, 0.25) is 0 Å². The molecule has 2 fully saturated rings. The Hall–Kier alpha value is -0.0800. The molecule has 2 rings (SSSR count). The normalized spacial score (nSPS) is 38.8. The molecule has 0 aliphatic heterocycles. The summed E-state index contributed by atoms with van der Waals surface area (Å²) in [6, 6.07) is 1.49. The fourth-order valence-electron chi connectivity index (χ4n) is 3.62. The largest absolute Gasteiger partial charge is 0.381 e. The highest BCUT2D eigenvalue weighted by molar-refractivity contribution is 4.87. The van der Waals surface area contributed by atoms with Crippen molar-refractivity contribution in [2.75, 3.05) is 7.11 Å². The minimum absolute atomic E-state index is 0.511. The van der Waals surface area contributed by atoms with Gasteiger partial charge in [0.1, 0.15) is 0 Å². The molecule has 2 aliphatic rings. The molecule has 100 valence electrons. The Morgan fingerprint density at radius 1 is 1.00 bits per heavy atom. The Labute approximate surface area is 107 Å². The summed E-state index contributed by atoms with van der Waals surface area (Å²) in [6.45, 7) is 4.76. The van der Waals surface area contributed by atoms with Crippen molar-refractivity contribution in [3.63, 3.8) is 0 Å². The predicted molar refractivity (Wildman–Crippen MR) is 72.2 cm³/mol. The van der Waals surface area contributed by atoms with Crippen molar-refractivity contribution >= 4 is 0 Å². The van der Waals surface area contributed by atoms with Gasteiger partial charge in [0, 0.05) is 19.2 Å². The van der Waals surface area contributed by atoms with Crippen molar-refractivity contribution in [2.45, 2.75) is 77.0 Å². The van der Waals surface area contributed by atoms with Gasteiger partial charge in [0.25, 0.3) is 0 Å². The van der Waals surface area contributed by atoms with Crippen LogP contribution in [0.4, 0.5) is 0 Å². The predicted octanol–water partition coefficient (Wildman–Crippen LogP) is 3.36. The van der Waals surface area contributed by atoms with E-state index in [1.54, 1.807) is 0 Å². The van der Waals surface area contributed by atoms with Crippen LogP contribution in [-0.4, -0.2) is 25.3 Å². The third kappa shape index (κ3) is 3.69. The Kier molecular flexibility index (Phi) is 4.87. The third-order valence-corrected chi connectivity index (χ3v) is 4.85. The van der Waals surface area contributed by atoms with Crippen LogP contribution in [0.5, 0.6) is 0 Å². The molecule has 1 N–H and O–H groups in total. The van der Waals surface area contributed by atoms with E-state index < -0.39 is 0 Å². The fraction of sp³-hybridized carbons (Fsp3) is 1.00. The minimum Gasteiger partial charge on any atom is -0.381 e. The van der Waals surface area contributed by atoms with E-state index in [-0.39, 0.29) is 0 Å². The summed E-state index contributed by atoms with van der Waals surface area (Å²) in [5.74, 6) is 1.80. The SMILES string of the molecule is COC1CCC(NC2CCCC(C(C)C)C2)C1. The zero-order valence-electron chi connectivity index (χ0n) is 11.7. The first kappa shape index (κ1) is 13.4. The van der Waals surface area contributed by atoms with Gasteiger partial charge in [0.15, 0.2) is 0 Å². The van der Waals surface area contributed by atoms with Gasteiger partial charge in [-0.3, -0.25) is 0 Å². The molecule has 0 aromatic heterocycles. The van der Waals surface area contributed by atoms with Crippen LogP contribution in [0.2, 0.25) is 0 Å². The Morgan fingerprint density at radius 3 is 2.41 bits per heavy atom. The van der Waals surface area contributed by atoms with Crippen LogP contribution in [-0.2, 0) is 4.74 Å². The maximum atomic E-state index is 5.45. The van der Waals surface area contributed by atoms with Gasteiger partial charge in [-0.25, -0.2) is 0 Å². The van der Waals surface area contributed by atoms with Gasteiger partial charge < -0.3 is 10.1 Å². The number of nitrogens with one attached hydrogen (secondary N) is 1. The number of hydrogen-bond acceptors (Lipinski definition) is 2. The van der Waals surface area contributed by atoms with Gasteiger partial charge in [-0.1, -0.05) is 26.7 Å². The van der Waals surface area contributed by atoms with Crippen molar-refractivity contribution < 1.29 is 4.74 Å². The van der Waals surface area contributed by atoms with Crippen molar-refractivity contribution in [1.29, 1.82) is 0 Å². The molecule has 17 heavy (non-hydrogen) atoms. The third-order valence-electron chi connectivity index (χ3n) is 4.85. The summed E-state index contributed by atoms with van der Waals surface area (Å²) in [6.07, 6.45) is 9.93. The summed E-state index contributed by atoms with van der Waals surface area (Å²) in [4.78, 5) is 0. The molecule has 0 spiro atoms. The molecule has 0 aromatic carbocycles. The maximum Gasteiger partial charge on any atom is 0.0586 e. The van der Waals surface area contributed by atoms with Crippen molar-refractivity contribution in [1.82, 2.24) is 5.32 Å². The second kappa shape index (κ2) is 6.19. The molecule has 2 nitrogen and oxygen atoms in total. The van der Waals surface area contributed by atoms with E-state index in [4.69, 9.17) is 4.74 Å². The van der Waals surface area contributed by atoms with Crippen LogP contribution < -0.4 is 5.32 Å². The quantitative estimate of drug-likeness (QED) is 0.812. The van der Waals surface area contributed by atoms with Crippen LogP contribution in [0.1, 0.15) is 58.8 Å². The summed E-state index contributed by atoms with van der Waals surface area (Å²) in [7, 11) is 1.85. The minimum atomic E-state index is 0.511. The highest BCUT2D eigenvalue weighted by atomic mass is 16.5. The Bertz CT molecular complexity index is 229. The Morgan fingerprint density at radius 2 is 1.76 bits per heavy atom. The van der Waals surface area contributed by atoms with E-state index in [1.807, 2.05) is 7.11 Å². The lowest BCUT2D eigenvalue weighted by Crippen LogP contribution is -2.41. The molecule has 4 atom stereocenters. The van der Waals surface area contributed by atoms with Crippen molar-refractivity contribution in [3.05, 3.63) is 0 Å². The summed E-state index contributed by atoms with van der Waals surface area (Å²) in [5.41, 5.74) is 0. The van der Waals surface area contributed by atoms with E-state index in [2.05, 4.69) is 19.2 Å². The summed E-state index contributed by atoms with van der Waals surface area (Å²) >= 11 is 0. The van der Waals surface area contributed by atoms with Gasteiger partial charge in [-0.05, 0) is 43.9 Å². The monoisotopic (exact) mass is 239 g/mol. The average molecular weight is 239 g/mol. The van der Waals surface area contributed by atoms with E-state index in [0.717, 1.165) is 23.9 Å². The van der Waals surface area contributed by atoms with E-state index >= 15 is 0 Å². The van der Waals surface area contributed by atoms with Crippen LogP contribution in [0, 0.1) is 11.8 Å². The van der Waals surface area contributed by atoms with E-state index in [0.29, 0.717) is 6.10 Å². The first-order chi connectivity index (χ1) is 8.19. The van der Waals surface area contributed by atoms with E-state index in [9.17, 15) is 0 Å². The smallest absolute Gasteiger partial charge is 0.0586 e. The number of ether oxygens (including phenoxy) is 1. The molecule has 0 radical (unpaired) electrons. The number of rotatable bonds is 4.